The molecule has 3 atom stereocenters. The van der Waals surface area contributed by atoms with Gasteiger partial charge in [-0.3, -0.25) is 4.79 Å². The van der Waals surface area contributed by atoms with Crippen LogP contribution < -0.4 is 0 Å². The van der Waals surface area contributed by atoms with Crippen molar-refractivity contribution in [2.24, 2.45) is 11.8 Å². The molecule has 1 aliphatic carbocycles. The molecular formula is C15H18O2. The van der Waals surface area contributed by atoms with E-state index in [0.29, 0.717) is 17.6 Å². The average Bonchev–Trinajstić information content (AvgIpc) is 3.02. The molecule has 1 aromatic carbocycles. The topological polar surface area (TPSA) is 26.3 Å². The Labute approximate surface area is 102 Å². The molecule has 0 aromatic heterocycles. The molecule has 2 heteroatoms. The van der Waals surface area contributed by atoms with Crippen molar-refractivity contribution in [3.05, 3.63) is 35.9 Å². The highest BCUT2D eigenvalue weighted by Gasteiger charge is 2.43. The Balaban J connectivity index is 1.55. The fraction of sp³-hybridized carbons (Fsp3) is 0.533. The zero-order chi connectivity index (χ0) is 11.7. The molecule has 2 fully saturated rings. The van der Waals surface area contributed by atoms with Gasteiger partial charge in [-0.1, -0.05) is 30.3 Å². The summed E-state index contributed by atoms with van der Waals surface area (Å²) in [6, 6.07) is 10.4. The number of Topliss-reactive ketones (excluding diaryl/α,β-unsaturated/α-hetero) is 1. The van der Waals surface area contributed by atoms with Gasteiger partial charge in [0.15, 0.2) is 0 Å². The van der Waals surface area contributed by atoms with Crippen LogP contribution in [0.1, 0.15) is 30.7 Å². The number of rotatable bonds is 4. The van der Waals surface area contributed by atoms with E-state index in [-0.39, 0.29) is 5.92 Å². The fourth-order valence-electron chi connectivity index (χ4n) is 2.80. The van der Waals surface area contributed by atoms with Crippen LogP contribution >= 0.6 is 0 Å². The van der Waals surface area contributed by atoms with Gasteiger partial charge in [-0.05, 0) is 30.2 Å². The Morgan fingerprint density at radius 2 is 2.12 bits per heavy atom. The van der Waals surface area contributed by atoms with Gasteiger partial charge in [0.1, 0.15) is 5.78 Å². The number of benzene rings is 1. The van der Waals surface area contributed by atoms with Gasteiger partial charge in [-0.25, -0.2) is 0 Å². The minimum atomic E-state index is 0.290. The number of ketones is 1. The van der Waals surface area contributed by atoms with E-state index in [1.54, 1.807) is 0 Å². The van der Waals surface area contributed by atoms with Crippen molar-refractivity contribution in [1.29, 1.82) is 0 Å². The standard InChI is InChI=1S/C15H18O2/c16-15(8-11-6-7-17-10-11)14-9-13(14)12-4-2-1-3-5-12/h1-5,11,13-14H,6-10H2. The highest BCUT2D eigenvalue weighted by molar-refractivity contribution is 5.85. The van der Waals surface area contributed by atoms with Crippen LogP contribution in [0.15, 0.2) is 30.3 Å². The molecule has 0 amide bonds. The minimum Gasteiger partial charge on any atom is -0.381 e. The molecule has 0 N–H and O–H groups in total. The van der Waals surface area contributed by atoms with Crippen LogP contribution in [0.4, 0.5) is 0 Å². The summed E-state index contributed by atoms with van der Waals surface area (Å²) in [5, 5.41) is 0. The maximum atomic E-state index is 12.1. The summed E-state index contributed by atoms with van der Waals surface area (Å²) in [4.78, 5) is 12.1. The van der Waals surface area contributed by atoms with E-state index in [0.717, 1.165) is 32.5 Å². The van der Waals surface area contributed by atoms with Crippen molar-refractivity contribution in [2.45, 2.75) is 25.2 Å². The Kier molecular flexibility index (Phi) is 2.98. The first kappa shape index (κ1) is 11.0. The van der Waals surface area contributed by atoms with Crippen molar-refractivity contribution < 1.29 is 9.53 Å². The molecule has 2 nitrogen and oxygen atoms in total. The molecule has 1 aromatic rings. The van der Waals surface area contributed by atoms with E-state index in [1.165, 1.54) is 5.56 Å². The number of hydrogen-bond donors (Lipinski definition) is 0. The van der Waals surface area contributed by atoms with Crippen molar-refractivity contribution in [3.8, 4) is 0 Å². The molecule has 3 rings (SSSR count). The van der Waals surface area contributed by atoms with Crippen molar-refractivity contribution in [1.82, 2.24) is 0 Å². The van der Waals surface area contributed by atoms with Gasteiger partial charge in [0.2, 0.25) is 0 Å². The normalized spacial score (nSPS) is 31.4. The van der Waals surface area contributed by atoms with Crippen LogP contribution in [0.25, 0.3) is 0 Å². The second-order valence-electron chi connectivity index (χ2n) is 5.26. The lowest BCUT2D eigenvalue weighted by Gasteiger charge is -2.05. The predicted octanol–water partition coefficient (Wildman–Crippen LogP) is 2.79. The maximum absolute atomic E-state index is 12.1. The third-order valence-electron chi connectivity index (χ3n) is 3.95. The van der Waals surface area contributed by atoms with Crippen LogP contribution in [0.2, 0.25) is 0 Å². The first-order valence-electron chi connectivity index (χ1n) is 6.50. The minimum absolute atomic E-state index is 0.290. The van der Waals surface area contributed by atoms with Crippen LogP contribution in [0.5, 0.6) is 0 Å². The lowest BCUT2D eigenvalue weighted by Crippen LogP contribution is -2.10. The highest BCUT2D eigenvalue weighted by Crippen LogP contribution is 2.48. The smallest absolute Gasteiger partial charge is 0.136 e. The van der Waals surface area contributed by atoms with Gasteiger partial charge < -0.3 is 4.74 Å². The third-order valence-corrected chi connectivity index (χ3v) is 3.95. The molecule has 0 spiro atoms. The van der Waals surface area contributed by atoms with Gasteiger partial charge in [0.05, 0.1) is 0 Å². The molecule has 90 valence electrons. The van der Waals surface area contributed by atoms with E-state index >= 15 is 0 Å². The van der Waals surface area contributed by atoms with Crippen molar-refractivity contribution in [3.63, 3.8) is 0 Å². The third kappa shape index (κ3) is 2.42. The quantitative estimate of drug-likeness (QED) is 0.795. The highest BCUT2D eigenvalue weighted by atomic mass is 16.5. The Morgan fingerprint density at radius 3 is 2.82 bits per heavy atom. The summed E-state index contributed by atoms with van der Waals surface area (Å²) in [7, 11) is 0. The van der Waals surface area contributed by atoms with Crippen molar-refractivity contribution in [2.75, 3.05) is 13.2 Å². The molecule has 0 radical (unpaired) electrons. The zero-order valence-corrected chi connectivity index (χ0v) is 9.97. The molecule has 3 unspecified atom stereocenters. The number of ether oxygens (including phenoxy) is 1. The predicted molar refractivity (Wildman–Crippen MR) is 65.8 cm³/mol. The maximum Gasteiger partial charge on any atom is 0.136 e. The molecule has 2 aliphatic rings. The number of carbonyl (C=O) groups excluding carboxylic acids is 1. The van der Waals surface area contributed by atoms with Crippen molar-refractivity contribution >= 4 is 5.78 Å². The second-order valence-corrected chi connectivity index (χ2v) is 5.26. The van der Waals surface area contributed by atoms with Crippen LogP contribution in [0, 0.1) is 11.8 Å². The summed E-state index contributed by atoms with van der Waals surface area (Å²) in [5.74, 6) is 1.72. The Morgan fingerprint density at radius 1 is 1.29 bits per heavy atom. The van der Waals surface area contributed by atoms with Crippen LogP contribution in [0.3, 0.4) is 0 Å². The summed E-state index contributed by atoms with van der Waals surface area (Å²) >= 11 is 0. The van der Waals surface area contributed by atoms with Crippen LogP contribution in [-0.2, 0) is 9.53 Å². The Bertz CT molecular complexity index is 393. The van der Waals surface area contributed by atoms with E-state index < -0.39 is 0 Å². The van der Waals surface area contributed by atoms with Gasteiger partial charge in [0.25, 0.3) is 0 Å². The molecule has 1 heterocycles. The zero-order valence-electron chi connectivity index (χ0n) is 9.97. The lowest BCUT2D eigenvalue weighted by atomic mass is 9.98. The van der Waals surface area contributed by atoms with Gasteiger partial charge in [0, 0.05) is 25.6 Å². The molecule has 1 saturated carbocycles. The summed E-state index contributed by atoms with van der Waals surface area (Å²) in [5.41, 5.74) is 1.33. The monoisotopic (exact) mass is 230 g/mol. The van der Waals surface area contributed by atoms with Gasteiger partial charge >= 0.3 is 0 Å². The first-order chi connectivity index (χ1) is 8.34. The average molecular weight is 230 g/mol. The van der Waals surface area contributed by atoms with Crippen LogP contribution in [-0.4, -0.2) is 19.0 Å². The summed E-state index contributed by atoms with van der Waals surface area (Å²) in [6.45, 7) is 1.62. The molecule has 1 saturated heterocycles. The van der Waals surface area contributed by atoms with Gasteiger partial charge in [-0.15, -0.1) is 0 Å². The first-order valence-corrected chi connectivity index (χ1v) is 6.50. The molecule has 0 bridgehead atoms. The van der Waals surface area contributed by atoms with E-state index in [1.807, 2.05) is 6.07 Å². The SMILES string of the molecule is O=C(CC1CCOC1)C1CC1c1ccccc1. The Hall–Kier alpha value is -1.15. The second kappa shape index (κ2) is 4.61. The number of carbonyl (C=O) groups is 1. The molecule has 17 heavy (non-hydrogen) atoms. The summed E-state index contributed by atoms with van der Waals surface area (Å²) in [6.07, 6.45) is 2.85. The fourth-order valence-corrected chi connectivity index (χ4v) is 2.80. The molecular weight excluding hydrogens is 212 g/mol. The van der Waals surface area contributed by atoms with E-state index in [2.05, 4.69) is 24.3 Å². The van der Waals surface area contributed by atoms with Gasteiger partial charge in [-0.2, -0.15) is 0 Å². The number of hydrogen-bond acceptors (Lipinski definition) is 2. The largest absolute Gasteiger partial charge is 0.381 e. The lowest BCUT2D eigenvalue weighted by molar-refractivity contribution is -0.121. The molecule has 1 aliphatic heterocycles. The summed E-state index contributed by atoms with van der Waals surface area (Å²) < 4.78 is 5.32. The van der Waals surface area contributed by atoms with E-state index in [4.69, 9.17) is 4.74 Å². The van der Waals surface area contributed by atoms with E-state index in [9.17, 15) is 4.79 Å².